The van der Waals surface area contributed by atoms with Crippen molar-refractivity contribution in [2.24, 2.45) is 21.5 Å². The summed E-state index contributed by atoms with van der Waals surface area (Å²) in [4.78, 5) is 11.0. The molecule has 0 atom stereocenters. The highest BCUT2D eigenvalue weighted by atomic mass is 16.5. The van der Waals surface area contributed by atoms with E-state index in [-0.39, 0.29) is 5.96 Å². The number of anilines is 1. The fraction of sp³-hybridized carbons (Fsp3) is 0.476. The van der Waals surface area contributed by atoms with Gasteiger partial charge in [-0.05, 0) is 51.7 Å². The van der Waals surface area contributed by atoms with Gasteiger partial charge < -0.3 is 16.2 Å². The molecule has 4 N–H and O–H groups in total. The number of aliphatic imine (C=N–C) groups is 2. The summed E-state index contributed by atoms with van der Waals surface area (Å²) in [5.41, 5.74) is 14.8. The Morgan fingerprint density at radius 1 is 1.14 bits per heavy atom. The molecule has 29 heavy (non-hydrogen) atoms. The summed E-state index contributed by atoms with van der Waals surface area (Å²) in [5, 5.41) is 4.50. The maximum Gasteiger partial charge on any atom is 0.220 e. The molecule has 1 fully saturated rings. The second-order valence-electron chi connectivity index (χ2n) is 7.67. The van der Waals surface area contributed by atoms with Crippen LogP contribution in [0.2, 0.25) is 0 Å². The molecule has 0 bridgehead atoms. The first-order chi connectivity index (χ1) is 14.0. The predicted octanol–water partition coefficient (Wildman–Crippen LogP) is 2.90. The van der Waals surface area contributed by atoms with Crippen molar-refractivity contribution in [2.75, 3.05) is 4.90 Å². The summed E-state index contributed by atoms with van der Waals surface area (Å²) in [6.07, 6.45) is 7.17. The summed E-state index contributed by atoms with van der Waals surface area (Å²) in [6.45, 7) is 5.34. The fourth-order valence-corrected chi connectivity index (χ4v) is 4.25. The molecule has 1 aliphatic heterocycles. The number of benzene rings is 1. The minimum atomic E-state index is -0.489. The number of aromatic nitrogens is 2. The summed E-state index contributed by atoms with van der Waals surface area (Å²) < 4.78 is 8.16. The van der Waals surface area contributed by atoms with E-state index in [4.69, 9.17) is 21.2 Å². The van der Waals surface area contributed by atoms with Crippen LogP contribution in [-0.4, -0.2) is 27.4 Å². The third-order valence-electron chi connectivity index (χ3n) is 5.71. The monoisotopic (exact) mass is 395 g/mol. The molecule has 1 saturated carbocycles. The van der Waals surface area contributed by atoms with Gasteiger partial charge in [-0.15, -0.1) is 0 Å². The molecule has 2 heterocycles. The molecule has 1 aromatic carbocycles. The molecule has 1 aliphatic carbocycles. The largest absolute Gasteiger partial charge is 0.487 e. The Morgan fingerprint density at radius 2 is 1.90 bits per heavy atom. The lowest BCUT2D eigenvalue weighted by Gasteiger charge is -2.45. The molecule has 0 unspecified atom stereocenters. The maximum absolute atomic E-state index is 6.37. The van der Waals surface area contributed by atoms with E-state index in [0.717, 1.165) is 54.9 Å². The van der Waals surface area contributed by atoms with Gasteiger partial charge in [-0.3, -0.25) is 9.58 Å². The second kappa shape index (κ2) is 7.77. The van der Waals surface area contributed by atoms with E-state index in [0.29, 0.717) is 12.6 Å². The SMILES string of the molecule is CCn1cc(COc2ccccc2N2C(N)=NC(N)=NC23CCCCC3)c(C)n1. The van der Waals surface area contributed by atoms with Crippen LogP contribution in [0.25, 0.3) is 0 Å². The Morgan fingerprint density at radius 3 is 2.62 bits per heavy atom. The lowest BCUT2D eigenvalue weighted by molar-refractivity contribution is 0.289. The van der Waals surface area contributed by atoms with Gasteiger partial charge in [0.25, 0.3) is 0 Å². The van der Waals surface area contributed by atoms with Crippen molar-refractivity contribution in [3.05, 3.63) is 41.7 Å². The summed E-state index contributed by atoms with van der Waals surface area (Å²) in [6, 6.07) is 7.91. The van der Waals surface area contributed by atoms with Crippen molar-refractivity contribution in [2.45, 2.75) is 64.8 Å². The van der Waals surface area contributed by atoms with Gasteiger partial charge in [0.15, 0.2) is 0 Å². The van der Waals surface area contributed by atoms with Gasteiger partial charge in [-0.2, -0.15) is 10.1 Å². The number of aryl methyl sites for hydroxylation is 2. The molecule has 0 saturated heterocycles. The van der Waals surface area contributed by atoms with Crippen LogP contribution in [0.4, 0.5) is 5.69 Å². The topological polar surface area (TPSA) is 107 Å². The van der Waals surface area contributed by atoms with E-state index < -0.39 is 5.66 Å². The van der Waals surface area contributed by atoms with E-state index in [9.17, 15) is 0 Å². The molecule has 0 amide bonds. The number of hydrogen-bond acceptors (Lipinski definition) is 7. The zero-order chi connectivity index (χ0) is 20.4. The molecule has 8 heteroatoms. The van der Waals surface area contributed by atoms with Crippen molar-refractivity contribution in [3.8, 4) is 5.75 Å². The molecule has 8 nitrogen and oxygen atoms in total. The van der Waals surface area contributed by atoms with Gasteiger partial charge in [-0.25, -0.2) is 4.99 Å². The van der Waals surface area contributed by atoms with Crippen LogP contribution in [-0.2, 0) is 13.2 Å². The molecule has 154 valence electrons. The minimum Gasteiger partial charge on any atom is -0.487 e. The summed E-state index contributed by atoms with van der Waals surface area (Å²) >= 11 is 0. The van der Waals surface area contributed by atoms with Crippen molar-refractivity contribution in [1.82, 2.24) is 9.78 Å². The number of para-hydroxylation sites is 2. The molecule has 2 aromatic rings. The van der Waals surface area contributed by atoms with Crippen LogP contribution in [0, 0.1) is 6.92 Å². The van der Waals surface area contributed by atoms with E-state index in [2.05, 4.69) is 17.0 Å². The zero-order valence-electron chi connectivity index (χ0n) is 17.1. The van der Waals surface area contributed by atoms with Gasteiger partial charge >= 0.3 is 0 Å². The Balaban J connectivity index is 1.66. The third-order valence-corrected chi connectivity index (χ3v) is 5.71. The van der Waals surface area contributed by atoms with Crippen molar-refractivity contribution in [3.63, 3.8) is 0 Å². The van der Waals surface area contributed by atoms with Gasteiger partial charge in [0.1, 0.15) is 18.0 Å². The summed E-state index contributed by atoms with van der Waals surface area (Å²) in [5.74, 6) is 1.36. The van der Waals surface area contributed by atoms with E-state index in [1.54, 1.807) is 0 Å². The number of guanidine groups is 2. The first kappa shape index (κ1) is 19.3. The number of rotatable bonds is 5. The van der Waals surface area contributed by atoms with Crippen LogP contribution >= 0.6 is 0 Å². The Bertz CT molecular complexity index is 940. The second-order valence-corrected chi connectivity index (χ2v) is 7.67. The molecule has 1 aromatic heterocycles. The van der Waals surface area contributed by atoms with Crippen molar-refractivity contribution in [1.29, 1.82) is 0 Å². The van der Waals surface area contributed by atoms with Crippen LogP contribution in [0.5, 0.6) is 5.75 Å². The molecular weight excluding hydrogens is 366 g/mol. The molecule has 2 aliphatic rings. The quantitative estimate of drug-likeness (QED) is 0.809. The standard InChI is InChI=1S/C21H29N7O/c1-3-27-13-16(15(2)26-27)14-29-18-10-6-5-9-17(18)28-20(23)24-19(22)25-21(28)11-7-4-8-12-21/h5-6,9-10,13H,3-4,7-8,11-12,14H2,1-2H3,(H4,22,23,24,25). The molecular formula is C21H29N7O. The van der Waals surface area contributed by atoms with E-state index in [1.807, 2.05) is 47.0 Å². The van der Waals surface area contributed by atoms with Crippen LogP contribution in [0.3, 0.4) is 0 Å². The first-order valence-electron chi connectivity index (χ1n) is 10.3. The molecule has 1 spiro atoms. The van der Waals surface area contributed by atoms with Gasteiger partial charge in [0.05, 0.1) is 11.4 Å². The van der Waals surface area contributed by atoms with Crippen LogP contribution < -0.4 is 21.1 Å². The Hall–Kier alpha value is -3.03. The van der Waals surface area contributed by atoms with Crippen LogP contribution in [0.15, 0.2) is 40.4 Å². The number of hydrogen-bond donors (Lipinski definition) is 2. The van der Waals surface area contributed by atoms with Crippen molar-refractivity contribution >= 4 is 17.6 Å². The highest BCUT2D eigenvalue weighted by molar-refractivity contribution is 6.06. The van der Waals surface area contributed by atoms with Crippen LogP contribution in [0.1, 0.15) is 50.3 Å². The first-order valence-corrected chi connectivity index (χ1v) is 10.3. The Labute approximate surface area is 171 Å². The maximum atomic E-state index is 6.37. The highest BCUT2D eigenvalue weighted by Crippen LogP contribution is 2.42. The van der Waals surface area contributed by atoms with Crippen molar-refractivity contribution < 1.29 is 4.74 Å². The minimum absolute atomic E-state index is 0.252. The van der Waals surface area contributed by atoms with Gasteiger partial charge in [0.2, 0.25) is 11.9 Å². The fourth-order valence-electron chi connectivity index (χ4n) is 4.25. The smallest absolute Gasteiger partial charge is 0.220 e. The van der Waals surface area contributed by atoms with Gasteiger partial charge in [-0.1, -0.05) is 18.6 Å². The lowest BCUT2D eigenvalue weighted by Crippen LogP contribution is -2.58. The van der Waals surface area contributed by atoms with E-state index in [1.165, 1.54) is 6.42 Å². The highest BCUT2D eigenvalue weighted by Gasteiger charge is 2.43. The average molecular weight is 396 g/mol. The normalized spacial score (nSPS) is 18.5. The summed E-state index contributed by atoms with van der Waals surface area (Å²) in [7, 11) is 0. The number of ether oxygens (including phenoxy) is 1. The van der Waals surface area contributed by atoms with E-state index >= 15 is 0 Å². The number of nitrogens with two attached hydrogens (primary N) is 2. The average Bonchev–Trinajstić information content (AvgIpc) is 3.07. The third kappa shape index (κ3) is 3.66. The lowest BCUT2D eigenvalue weighted by atomic mass is 9.87. The number of nitrogens with zero attached hydrogens (tertiary/aromatic N) is 5. The molecule has 0 radical (unpaired) electrons. The van der Waals surface area contributed by atoms with Gasteiger partial charge in [0, 0.05) is 18.3 Å². The molecule has 4 rings (SSSR count). The zero-order valence-corrected chi connectivity index (χ0v) is 17.1. The Kier molecular flexibility index (Phi) is 5.17. The predicted molar refractivity (Wildman–Crippen MR) is 115 cm³/mol.